The predicted octanol–water partition coefficient (Wildman–Crippen LogP) is 3.96. The Balaban J connectivity index is 2.31. The van der Waals surface area contributed by atoms with Gasteiger partial charge < -0.3 is 9.05 Å². The summed E-state index contributed by atoms with van der Waals surface area (Å²) in [6, 6.07) is 5.52. The van der Waals surface area contributed by atoms with Gasteiger partial charge in [0.1, 0.15) is 0 Å². The van der Waals surface area contributed by atoms with Gasteiger partial charge in [0.05, 0.1) is 24.2 Å². The molecule has 1 aliphatic rings. The number of hydrogen-bond donors (Lipinski definition) is 0. The quantitative estimate of drug-likeness (QED) is 0.569. The molecule has 0 N–H and O–H groups in total. The minimum atomic E-state index is -3.14. The Hall–Kier alpha value is -0.480. The SMILES string of the molecule is CCOP(=O)(Cc1cccc2c1CC(Br)C2=O)OCC. The van der Waals surface area contributed by atoms with Crippen molar-refractivity contribution < 1.29 is 18.4 Å². The molecule has 1 aromatic rings. The molecule has 2 rings (SSSR count). The van der Waals surface area contributed by atoms with Gasteiger partial charge >= 0.3 is 7.60 Å². The maximum absolute atomic E-state index is 12.6. The van der Waals surface area contributed by atoms with Gasteiger partial charge in [0.25, 0.3) is 0 Å². The molecule has 20 heavy (non-hydrogen) atoms. The van der Waals surface area contributed by atoms with Crippen LogP contribution in [0.15, 0.2) is 18.2 Å². The number of carbonyl (C=O) groups excluding carboxylic acids is 1. The summed E-state index contributed by atoms with van der Waals surface area (Å²) in [5, 5.41) is 0. The molecule has 6 heteroatoms. The molecule has 0 bridgehead atoms. The molecule has 1 unspecified atom stereocenters. The molecule has 0 heterocycles. The largest absolute Gasteiger partial charge is 0.335 e. The normalized spacial score (nSPS) is 18.4. The smallest absolute Gasteiger partial charge is 0.309 e. The van der Waals surface area contributed by atoms with Crippen molar-refractivity contribution in [1.82, 2.24) is 0 Å². The number of alkyl halides is 1. The highest BCUT2D eigenvalue weighted by atomic mass is 79.9. The lowest BCUT2D eigenvalue weighted by molar-refractivity contribution is 0.100. The Morgan fingerprint density at radius 1 is 1.30 bits per heavy atom. The lowest BCUT2D eigenvalue weighted by Crippen LogP contribution is -2.05. The zero-order chi connectivity index (χ0) is 14.8. The fraction of sp³-hybridized carbons (Fsp3) is 0.500. The summed E-state index contributed by atoms with van der Waals surface area (Å²) in [6.07, 6.45) is 0.841. The topological polar surface area (TPSA) is 52.6 Å². The second kappa shape index (κ2) is 6.52. The molecule has 0 radical (unpaired) electrons. The highest BCUT2D eigenvalue weighted by Gasteiger charge is 2.33. The molecule has 1 aromatic carbocycles. The van der Waals surface area contributed by atoms with Crippen molar-refractivity contribution in [1.29, 1.82) is 0 Å². The molecule has 110 valence electrons. The van der Waals surface area contributed by atoms with Gasteiger partial charge in [-0.25, -0.2) is 0 Å². The molecule has 0 saturated heterocycles. The molecular weight excluding hydrogens is 343 g/mol. The van der Waals surface area contributed by atoms with Crippen LogP contribution in [0.2, 0.25) is 0 Å². The van der Waals surface area contributed by atoms with Crippen LogP contribution in [-0.2, 0) is 26.2 Å². The number of hydrogen-bond acceptors (Lipinski definition) is 4. The van der Waals surface area contributed by atoms with Crippen LogP contribution in [0.4, 0.5) is 0 Å². The van der Waals surface area contributed by atoms with E-state index in [4.69, 9.17) is 9.05 Å². The predicted molar refractivity (Wildman–Crippen MR) is 81.8 cm³/mol. The standard InChI is InChI=1S/C14H18BrO4P/c1-3-18-20(17,19-4-2)9-10-6-5-7-11-12(10)8-13(15)14(11)16/h5-7,13H,3-4,8-9H2,1-2H3. The first-order chi connectivity index (χ1) is 9.50. The van der Waals surface area contributed by atoms with Crippen molar-refractivity contribution in [3.05, 3.63) is 34.9 Å². The van der Waals surface area contributed by atoms with Crippen molar-refractivity contribution in [2.24, 2.45) is 0 Å². The Kier molecular flexibility index (Phi) is 5.19. The molecule has 4 nitrogen and oxygen atoms in total. The highest BCUT2D eigenvalue weighted by Crippen LogP contribution is 2.52. The van der Waals surface area contributed by atoms with Crippen LogP contribution in [0.25, 0.3) is 0 Å². The summed E-state index contributed by atoms with van der Waals surface area (Å²) in [5.74, 6) is 0.0875. The van der Waals surface area contributed by atoms with Gasteiger partial charge in [-0.15, -0.1) is 0 Å². The first kappa shape index (κ1) is 15.9. The summed E-state index contributed by atoms with van der Waals surface area (Å²) in [7, 11) is -3.14. The van der Waals surface area contributed by atoms with Gasteiger partial charge in [0, 0.05) is 5.56 Å². The average Bonchev–Trinajstić information content (AvgIpc) is 2.68. The van der Waals surface area contributed by atoms with Crippen molar-refractivity contribution in [3.63, 3.8) is 0 Å². The lowest BCUT2D eigenvalue weighted by atomic mass is 10.0. The fourth-order valence-electron chi connectivity index (χ4n) is 2.43. The van der Waals surface area contributed by atoms with Gasteiger partial charge in [0.15, 0.2) is 5.78 Å². The number of carbonyl (C=O) groups is 1. The van der Waals surface area contributed by atoms with Crippen LogP contribution in [0.3, 0.4) is 0 Å². The van der Waals surface area contributed by atoms with Gasteiger partial charge in [-0.1, -0.05) is 34.1 Å². The summed E-state index contributed by atoms with van der Waals surface area (Å²) in [5.41, 5.74) is 2.55. The van der Waals surface area contributed by atoms with Crippen LogP contribution < -0.4 is 0 Å². The number of rotatable bonds is 6. The molecule has 0 fully saturated rings. The number of halogens is 1. The van der Waals surface area contributed by atoms with Gasteiger partial charge in [-0.05, 0) is 31.4 Å². The van der Waals surface area contributed by atoms with Crippen LogP contribution in [0, 0.1) is 0 Å². The van der Waals surface area contributed by atoms with E-state index in [9.17, 15) is 9.36 Å². The Labute approximate surface area is 127 Å². The number of fused-ring (bicyclic) bond motifs is 1. The average molecular weight is 361 g/mol. The minimum absolute atomic E-state index is 0.0875. The van der Waals surface area contributed by atoms with E-state index in [1.807, 2.05) is 18.2 Å². The number of Topliss-reactive ketones (excluding diaryl/α,β-unsaturated/α-hetero) is 1. The van der Waals surface area contributed by atoms with E-state index in [2.05, 4.69) is 15.9 Å². The summed E-state index contributed by atoms with van der Waals surface area (Å²) in [4.78, 5) is 11.8. The van der Waals surface area contributed by atoms with E-state index < -0.39 is 7.60 Å². The van der Waals surface area contributed by atoms with E-state index in [1.165, 1.54) is 0 Å². The van der Waals surface area contributed by atoms with Gasteiger partial charge in [-0.3, -0.25) is 9.36 Å². The molecule has 0 saturated carbocycles. The zero-order valence-corrected chi connectivity index (χ0v) is 14.1. The third-order valence-electron chi connectivity index (χ3n) is 3.22. The maximum Gasteiger partial charge on any atom is 0.335 e. The second-order valence-electron chi connectivity index (χ2n) is 4.58. The van der Waals surface area contributed by atoms with Crippen molar-refractivity contribution >= 4 is 29.3 Å². The Bertz CT molecular complexity index is 548. The van der Waals surface area contributed by atoms with Gasteiger partial charge in [0.2, 0.25) is 0 Å². The molecule has 0 amide bonds. The van der Waals surface area contributed by atoms with Crippen LogP contribution in [0.5, 0.6) is 0 Å². The van der Waals surface area contributed by atoms with E-state index in [0.717, 1.165) is 11.1 Å². The molecule has 1 atom stereocenters. The summed E-state index contributed by atoms with van der Waals surface area (Å²) >= 11 is 3.38. The Morgan fingerprint density at radius 3 is 2.55 bits per heavy atom. The van der Waals surface area contributed by atoms with Gasteiger partial charge in [-0.2, -0.15) is 0 Å². The van der Waals surface area contributed by atoms with Crippen LogP contribution in [0.1, 0.15) is 35.3 Å². The fourth-order valence-corrected chi connectivity index (χ4v) is 4.75. The third-order valence-corrected chi connectivity index (χ3v) is 5.99. The van der Waals surface area contributed by atoms with E-state index in [0.29, 0.717) is 25.2 Å². The lowest BCUT2D eigenvalue weighted by Gasteiger charge is -2.18. The first-order valence-electron chi connectivity index (χ1n) is 6.68. The number of benzene rings is 1. The molecule has 0 spiro atoms. The number of ketones is 1. The molecule has 0 aliphatic heterocycles. The first-order valence-corrected chi connectivity index (χ1v) is 9.32. The van der Waals surface area contributed by atoms with Crippen molar-refractivity contribution in [3.8, 4) is 0 Å². The van der Waals surface area contributed by atoms with E-state index in [1.54, 1.807) is 13.8 Å². The van der Waals surface area contributed by atoms with Crippen molar-refractivity contribution in [2.75, 3.05) is 13.2 Å². The maximum atomic E-state index is 12.6. The van der Waals surface area contributed by atoms with E-state index >= 15 is 0 Å². The zero-order valence-electron chi connectivity index (χ0n) is 11.6. The van der Waals surface area contributed by atoms with Crippen molar-refractivity contribution in [2.45, 2.75) is 31.3 Å². The highest BCUT2D eigenvalue weighted by molar-refractivity contribution is 9.10. The molecular formula is C14H18BrO4P. The molecule has 1 aliphatic carbocycles. The molecule has 0 aromatic heterocycles. The Morgan fingerprint density at radius 2 is 1.95 bits per heavy atom. The third kappa shape index (κ3) is 3.22. The van der Waals surface area contributed by atoms with E-state index in [-0.39, 0.29) is 16.8 Å². The summed E-state index contributed by atoms with van der Waals surface area (Å²) < 4.78 is 23.3. The van der Waals surface area contributed by atoms with Crippen LogP contribution >= 0.6 is 23.5 Å². The minimum Gasteiger partial charge on any atom is -0.309 e. The van der Waals surface area contributed by atoms with Crippen LogP contribution in [-0.4, -0.2) is 23.8 Å². The summed E-state index contributed by atoms with van der Waals surface area (Å²) in [6.45, 7) is 4.26. The second-order valence-corrected chi connectivity index (χ2v) is 7.74. The monoisotopic (exact) mass is 360 g/mol.